The molecular weight excluding hydrogens is 120 g/mol. The van der Waals surface area contributed by atoms with Crippen LogP contribution < -0.4 is 0 Å². The van der Waals surface area contributed by atoms with E-state index in [0.29, 0.717) is 11.2 Å². The second kappa shape index (κ2) is 1.28. The number of imidazole rings is 1. The van der Waals surface area contributed by atoms with Crippen LogP contribution in [0.3, 0.4) is 0 Å². The van der Waals surface area contributed by atoms with E-state index in [0.717, 1.165) is 0 Å². The second-order valence-electron chi connectivity index (χ2n) is 1.70. The molecule has 0 bridgehead atoms. The Morgan fingerprint density at radius 3 is 3.33 bits per heavy atom. The number of nitrogens with zero attached hydrogens (tertiary/aromatic N) is 1. The number of hydrogen-bond donors (Lipinski definition) is 2. The third-order valence-electron chi connectivity index (χ3n) is 1.14. The monoisotopic (exact) mass is 124 g/mol. The Morgan fingerprint density at radius 2 is 2.56 bits per heavy atom. The highest BCUT2D eigenvalue weighted by atomic mass is 16.4. The van der Waals surface area contributed by atoms with Crippen molar-refractivity contribution < 1.29 is 9.52 Å². The molecule has 0 atom stereocenters. The van der Waals surface area contributed by atoms with Crippen LogP contribution in [0.1, 0.15) is 0 Å². The van der Waals surface area contributed by atoms with Gasteiger partial charge in [-0.15, -0.1) is 0 Å². The fourth-order valence-electron chi connectivity index (χ4n) is 0.725. The lowest BCUT2D eigenvalue weighted by Gasteiger charge is -1.73. The smallest absolute Gasteiger partial charge is 0.248 e. The van der Waals surface area contributed by atoms with Gasteiger partial charge >= 0.3 is 0 Å². The van der Waals surface area contributed by atoms with Gasteiger partial charge in [-0.3, -0.25) is 0 Å². The van der Waals surface area contributed by atoms with E-state index >= 15 is 0 Å². The van der Waals surface area contributed by atoms with Gasteiger partial charge in [-0.1, -0.05) is 0 Å². The molecule has 0 aliphatic rings. The van der Waals surface area contributed by atoms with Crippen LogP contribution in [0.4, 0.5) is 0 Å². The van der Waals surface area contributed by atoms with Gasteiger partial charge in [0.05, 0.1) is 6.33 Å². The molecule has 0 saturated carbocycles. The van der Waals surface area contributed by atoms with E-state index in [9.17, 15) is 0 Å². The third kappa shape index (κ3) is 0.440. The number of fused-ring (bicyclic) bond motifs is 1. The number of nitrogens with one attached hydrogen (secondary N) is 1. The fraction of sp³-hybridized carbons (Fsp3) is 0. The van der Waals surface area contributed by atoms with Gasteiger partial charge in [-0.2, -0.15) is 0 Å². The van der Waals surface area contributed by atoms with E-state index in [2.05, 4.69) is 9.97 Å². The van der Waals surface area contributed by atoms with Crippen molar-refractivity contribution in [1.29, 1.82) is 0 Å². The van der Waals surface area contributed by atoms with E-state index in [1.165, 1.54) is 12.6 Å². The van der Waals surface area contributed by atoms with Crippen LogP contribution in [-0.2, 0) is 0 Å². The van der Waals surface area contributed by atoms with E-state index < -0.39 is 0 Å². The molecule has 2 aromatic heterocycles. The van der Waals surface area contributed by atoms with Gasteiger partial charge in [0.2, 0.25) is 5.71 Å². The van der Waals surface area contributed by atoms with E-state index in [1.54, 1.807) is 0 Å². The summed E-state index contributed by atoms with van der Waals surface area (Å²) in [6.07, 6.45) is 2.71. The zero-order valence-corrected chi connectivity index (χ0v) is 4.46. The fourth-order valence-corrected chi connectivity index (χ4v) is 0.725. The Kier molecular flexibility index (Phi) is 0.631. The molecule has 2 aromatic rings. The average Bonchev–Trinajstić information content (AvgIpc) is 2.35. The number of hydrogen-bond acceptors (Lipinski definition) is 3. The summed E-state index contributed by atoms with van der Waals surface area (Å²) in [4.78, 5) is 6.47. The summed E-state index contributed by atoms with van der Waals surface area (Å²) >= 11 is 0. The molecule has 2 heterocycles. The predicted octanol–water partition coefficient (Wildman–Crippen LogP) is 0.861. The van der Waals surface area contributed by atoms with E-state index in [1.807, 2.05) is 0 Å². The summed E-state index contributed by atoms with van der Waals surface area (Å²) < 4.78 is 4.80. The summed E-state index contributed by atoms with van der Waals surface area (Å²) in [6.45, 7) is 0. The van der Waals surface area contributed by atoms with Crippen molar-refractivity contribution in [2.45, 2.75) is 0 Å². The Bertz CT molecular complexity index is 322. The first-order valence-electron chi connectivity index (χ1n) is 2.47. The molecule has 0 saturated heterocycles. The molecule has 0 unspecified atom stereocenters. The normalized spacial score (nSPS) is 10.7. The minimum atomic E-state index is 0.0995. The molecule has 0 fully saturated rings. The lowest BCUT2D eigenvalue weighted by Crippen LogP contribution is -1.56. The first kappa shape index (κ1) is 4.43. The first-order valence-corrected chi connectivity index (χ1v) is 2.47. The van der Waals surface area contributed by atoms with Crippen molar-refractivity contribution >= 4 is 11.2 Å². The summed E-state index contributed by atoms with van der Waals surface area (Å²) in [7, 11) is 0. The summed E-state index contributed by atoms with van der Waals surface area (Å²) in [5, 5.41) is 8.94. The number of aromatic amines is 1. The molecule has 0 spiro atoms. The molecule has 0 aliphatic heterocycles. The number of aromatic hydroxyl groups is 1. The molecule has 4 nitrogen and oxygen atoms in total. The molecule has 9 heavy (non-hydrogen) atoms. The Hall–Kier alpha value is -1.45. The van der Waals surface area contributed by atoms with Crippen LogP contribution in [0.5, 0.6) is 5.75 Å². The maximum absolute atomic E-state index is 8.94. The standard InChI is InChI=1S/C5H4N2O2/c8-3-1-9-5-4(3)6-2-7-5/h1-2,8H,(H,6,7). The maximum Gasteiger partial charge on any atom is 0.248 e. The first-order chi connectivity index (χ1) is 4.38. The molecule has 2 rings (SSSR count). The van der Waals surface area contributed by atoms with Gasteiger partial charge in [0, 0.05) is 0 Å². The van der Waals surface area contributed by atoms with Crippen LogP contribution in [0.2, 0.25) is 0 Å². The quantitative estimate of drug-likeness (QED) is 0.547. The largest absolute Gasteiger partial charge is 0.503 e. The van der Waals surface area contributed by atoms with Gasteiger partial charge in [-0.25, -0.2) is 4.98 Å². The van der Waals surface area contributed by atoms with Gasteiger partial charge in [0.15, 0.2) is 5.75 Å². The molecule has 0 amide bonds. The third-order valence-corrected chi connectivity index (χ3v) is 1.14. The SMILES string of the molecule is Oc1coc2nc[nH]c12. The minimum Gasteiger partial charge on any atom is -0.503 e. The number of H-pyrrole nitrogens is 1. The van der Waals surface area contributed by atoms with Crippen molar-refractivity contribution in [3.63, 3.8) is 0 Å². The Labute approximate surface area is 50.1 Å². The molecule has 46 valence electrons. The van der Waals surface area contributed by atoms with Gasteiger partial charge in [0.1, 0.15) is 11.8 Å². The highest BCUT2D eigenvalue weighted by Gasteiger charge is 2.03. The Morgan fingerprint density at radius 1 is 1.67 bits per heavy atom. The highest BCUT2D eigenvalue weighted by Crippen LogP contribution is 2.21. The molecular formula is C5H4N2O2. The molecule has 0 aromatic carbocycles. The highest BCUT2D eigenvalue weighted by molar-refractivity contribution is 5.75. The number of furan rings is 1. The van der Waals surface area contributed by atoms with Gasteiger partial charge in [0.25, 0.3) is 0 Å². The van der Waals surface area contributed by atoms with Crippen molar-refractivity contribution in [1.82, 2.24) is 9.97 Å². The second-order valence-corrected chi connectivity index (χ2v) is 1.70. The zero-order valence-electron chi connectivity index (χ0n) is 4.46. The topological polar surface area (TPSA) is 62.1 Å². The van der Waals surface area contributed by atoms with Crippen molar-refractivity contribution in [3.8, 4) is 5.75 Å². The molecule has 0 radical (unpaired) electrons. The van der Waals surface area contributed by atoms with Crippen LogP contribution in [0, 0.1) is 0 Å². The molecule has 2 N–H and O–H groups in total. The van der Waals surface area contributed by atoms with Gasteiger partial charge < -0.3 is 14.5 Å². The van der Waals surface area contributed by atoms with Crippen molar-refractivity contribution in [2.24, 2.45) is 0 Å². The van der Waals surface area contributed by atoms with Crippen LogP contribution in [0.25, 0.3) is 11.2 Å². The number of rotatable bonds is 0. The van der Waals surface area contributed by atoms with Crippen molar-refractivity contribution in [3.05, 3.63) is 12.6 Å². The lowest BCUT2D eigenvalue weighted by atomic mass is 10.5. The minimum absolute atomic E-state index is 0.0995. The Balaban J connectivity index is 2.99. The maximum atomic E-state index is 8.94. The number of aromatic nitrogens is 2. The molecule has 0 aliphatic carbocycles. The van der Waals surface area contributed by atoms with Crippen molar-refractivity contribution in [2.75, 3.05) is 0 Å². The molecule has 4 heteroatoms. The van der Waals surface area contributed by atoms with E-state index in [4.69, 9.17) is 9.52 Å². The lowest BCUT2D eigenvalue weighted by molar-refractivity contribution is 0.462. The summed E-state index contributed by atoms with van der Waals surface area (Å²) in [5.41, 5.74) is 0.988. The van der Waals surface area contributed by atoms with Gasteiger partial charge in [-0.05, 0) is 0 Å². The van der Waals surface area contributed by atoms with E-state index in [-0.39, 0.29) is 5.75 Å². The summed E-state index contributed by atoms with van der Waals surface area (Å²) in [6, 6.07) is 0. The average molecular weight is 124 g/mol. The van der Waals surface area contributed by atoms with Crippen LogP contribution in [-0.4, -0.2) is 15.1 Å². The zero-order chi connectivity index (χ0) is 6.27. The van der Waals surface area contributed by atoms with Crippen LogP contribution >= 0.6 is 0 Å². The predicted molar refractivity (Wildman–Crippen MR) is 30.0 cm³/mol. The summed E-state index contributed by atoms with van der Waals surface area (Å²) in [5.74, 6) is 0.0995. The van der Waals surface area contributed by atoms with Crippen LogP contribution in [0.15, 0.2) is 17.0 Å².